The first kappa shape index (κ1) is 13.6. The Morgan fingerprint density at radius 1 is 1.25 bits per heavy atom. The van der Waals surface area contributed by atoms with Crippen LogP contribution in [0.4, 0.5) is 0 Å². The number of carboxylic acids is 1. The van der Waals surface area contributed by atoms with Crippen molar-refractivity contribution in [3.63, 3.8) is 0 Å². The minimum Gasteiger partial charge on any atom is -0.521 e. The van der Waals surface area contributed by atoms with Crippen molar-refractivity contribution in [3.8, 4) is 0 Å². The first-order chi connectivity index (χ1) is 5.30. The molecule has 0 spiro atoms. The molecule has 2 nitrogen and oxygen atoms in total. The zero-order valence-corrected chi connectivity index (χ0v) is 7.03. The van der Waals surface area contributed by atoms with Gasteiger partial charge in [-0.3, -0.25) is 6.58 Å². The van der Waals surface area contributed by atoms with Crippen LogP contribution in [0, 0.1) is 6.58 Å². The van der Waals surface area contributed by atoms with Gasteiger partial charge in [-0.15, -0.1) is 0 Å². The molecule has 1 rings (SSSR count). The minimum absolute atomic E-state index is 0. The molecule has 0 aliphatic rings. The average Bonchev–Trinajstić information content (AvgIpc) is 2.10. The molecule has 0 fully saturated rings. The Morgan fingerprint density at radius 3 is 1.92 bits per heavy atom. The number of carboxylic acid groups (broad SMARTS) is 1. The van der Waals surface area contributed by atoms with Crippen molar-refractivity contribution in [2.75, 3.05) is 0 Å². The SMILES string of the molecule is O=C(O)c1ccccc1.[CH-]=C.[Li+]. The van der Waals surface area contributed by atoms with Crippen LogP contribution in [0.2, 0.25) is 0 Å². The summed E-state index contributed by atoms with van der Waals surface area (Å²) in [6.07, 6.45) is 0. The fraction of sp³-hybridized carbons (Fsp3) is 0. The summed E-state index contributed by atoms with van der Waals surface area (Å²) >= 11 is 0. The Labute approximate surface area is 84.1 Å². The topological polar surface area (TPSA) is 37.3 Å². The van der Waals surface area contributed by atoms with Crippen LogP contribution in [0.1, 0.15) is 10.4 Å². The summed E-state index contributed by atoms with van der Waals surface area (Å²) in [5, 5.41) is 8.38. The van der Waals surface area contributed by atoms with Crippen LogP contribution in [0.5, 0.6) is 0 Å². The van der Waals surface area contributed by atoms with Crippen molar-refractivity contribution < 1.29 is 28.8 Å². The Balaban J connectivity index is 0. The van der Waals surface area contributed by atoms with Crippen LogP contribution >= 0.6 is 0 Å². The molecular weight excluding hydrogens is 147 g/mol. The molecule has 0 radical (unpaired) electrons. The van der Waals surface area contributed by atoms with E-state index in [4.69, 9.17) is 5.11 Å². The second-order valence-corrected chi connectivity index (χ2v) is 1.67. The van der Waals surface area contributed by atoms with Crippen molar-refractivity contribution >= 4 is 5.97 Å². The van der Waals surface area contributed by atoms with Crippen LogP contribution < -0.4 is 18.9 Å². The van der Waals surface area contributed by atoms with Gasteiger partial charge in [0.15, 0.2) is 0 Å². The van der Waals surface area contributed by atoms with Crippen molar-refractivity contribution in [1.82, 2.24) is 0 Å². The molecule has 0 atom stereocenters. The van der Waals surface area contributed by atoms with E-state index in [0.717, 1.165) is 0 Å². The molecule has 3 heteroatoms. The Morgan fingerprint density at radius 2 is 1.67 bits per heavy atom. The van der Waals surface area contributed by atoms with Crippen LogP contribution in [0.3, 0.4) is 0 Å². The van der Waals surface area contributed by atoms with Crippen LogP contribution in [0.25, 0.3) is 0 Å². The van der Waals surface area contributed by atoms with E-state index in [1.54, 1.807) is 30.3 Å². The van der Waals surface area contributed by atoms with Crippen molar-refractivity contribution in [2.45, 2.75) is 0 Å². The Hall–Kier alpha value is -0.973. The maximum atomic E-state index is 10.2. The molecule has 1 aromatic rings. The molecule has 0 saturated heterocycles. The van der Waals surface area contributed by atoms with Gasteiger partial charge in [0.05, 0.1) is 5.56 Å². The monoisotopic (exact) mass is 156 g/mol. The molecule has 0 heterocycles. The molecule has 12 heavy (non-hydrogen) atoms. The summed E-state index contributed by atoms with van der Waals surface area (Å²) in [6.45, 7) is 7.00. The summed E-state index contributed by atoms with van der Waals surface area (Å²) in [5.74, 6) is -0.879. The van der Waals surface area contributed by atoms with Gasteiger partial charge in [-0.1, -0.05) is 18.2 Å². The predicted molar refractivity (Wildman–Crippen MR) is 43.3 cm³/mol. The van der Waals surface area contributed by atoms with Gasteiger partial charge >= 0.3 is 24.8 Å². The molecule has 1 aromatic carbocycles. The molecular formula is C9H9LiO2. The van der Waals surface area contributed by atoms with E-state index in [2.05, 4.69) is 13.2 Å². The molecule has 0 aliphatic heterocycles. The number of benzene rings is 1. The molecule has 0 unspecified atom stereocenters. The smallest absolute Gasteiger partial charge is 0.521 e. The van der Waals surface area contributed by atoms with Crippen LogP contribution in [0.15, 0.2) is 36.9 Å². The third-order valence-corrected chi connectivity index (χ3v) is 1.02. The minimum atomic E-state index is -0.879. The van der Waals surface area contributed by atoms with Gasteiger partial charge < -0.3 is 11.7 Å². The summed E-state index contributed by atoms with van der Waals surface area (Å²) in [5.41, 5.74) is 0.331. The molecule has 0 amide bonds. The van der Waals surface area contributed by atoms with Crippen molar-refractivity contribution in [2.24, 2.45) is 0 Å². The predicted octanol–water partition coefficient (Wildman–Crippen LogP) is -1.01. The maximum Gasteiger partial charge on any atom is 1.00 e. The summed E-state index contributed by atoms with van der Waals surface area (Å²) in [6, 6.07) is 8.30. The van der Waals surface area contributed by atoms with E-state index in [1.807, 2.05) is 0 Å². The molecule has 0 aromatic heterocycles. The number of hydrogen-bond donors (Lipinski definition) is 1. The quantitative estimate of drug-likeness (QED) is 0.418. The normalized spacial score (nSPS) is 7.00. The van der Waals surface area contributed by atoms with E-state index in [9.17, 15) is 4.79 Å². The second-order valence-electron chi connectivity index (χ2n) is 1.67. The van der Waals surface area contributed by atoms with Crippen LogP contribution in [-0.4, -0.2) is 11.1 Å². The van der Waals surface area contributed by atoms with E-state index in [1.165, 1.54) is 0 Å². The molecule has 0 bridgehead atoms. The van der Waals surface area contributed by atoms with Gasteiger partial charge in [-0.25, -0.2) is 4.79 Å². The molecule has 1 N–H and O–H groups in total. The molecule has 0 aliphatic carbocycles. The van der Waals surface area contributed by atoms with Gasteiger partial charge in [0.25, 0.3) is 0 Å². The van der Waals surface area contributed by atoms with Crippen molar-refractivity contribution in [1.29, 1.82) is 0 Å². The zero-order valence-electron chi connectivity index (χ0n) is 7.03. The van der Waals surface area contributed by atoms with Gasteiger partial charge in [0, 0.05) is 0 Å². The molecule has 58 valence electrons. The summed E-state index contributed by atoms with van der Waals surface area (Å²) in [7, 11) is 0. The van der Waals surface area contributed by atoms with Gasteiger partial charge in [0.2, 0.25) is 0 Å². The van der Waals surface area contributed by atoms with Crippen LogP contribution in [-0.2, 0) is 0 Å². The number of aromatic carboxylic acids is 1. The number of rotatable bonds is 1. The third-order valence-electron chi connectivity index (χ3n) is 1.02. The fourth-order valence-corrected chi connectivity index (χ4v) is 0.581. The van der Waals surface area contributed by atoms with Gasteiger partial charge in [-0.2, -0.15) is 0 Å². The van der Waals surface area contributed by atoms with E-state index < -0.39 is 5.97 Å². The zero-order chi connectivity index (χ0) is 8.69. The first-order valence-electron chi connectivity index (χ1n) is 3.00. The summed E-state index contributed by atoms with van der Waals surface area (Å²) in [4.78, 5) is 10.2. The maximum absolute atomic E-state index is 10.2. The second kappa shape index (κ2) is 8.13. The van der Waals surface area contributed by atoms with Crippen molar-refractivity contribution in [3.05, 3.63) is 49.1 Å². The largest absolute Gasteiger partial charge is 1.00 e. The van der Waals surface area contributed by atoms with E-state index >= 15 is 0 Å². The Bertz CT molecular complexity index is 221. The van der Waals surface area contributed by atoms with Gasteiger partial charge in [-0.05, 0) is 12.1 Å². The fourth-order valence-electron chi connectivity index (χ4n) is 0.581. The standard InChI is InChI=1S/C7H6O2.C2H3.Li/c8-7(9)6-4-2-1-3-5-6;1-2;/h1-5H,(H,8,9);1H,2H2;/q;-1;+1. The number of carbonyl (C=O) groups is 1. The average molecular weight is 156 g/mol. The van der Waals surface area contributed by atoms with Gasteiger partial charge in [0.1, 0.15) is 0 Å². The third kappa shape index (κ3) is 4.78. The summed E-state index contributed by atoms with van der Waals surface area (Å²) < 4.78 is 0. The van der Waals surface area contributed by atoms with E-state index in [-0.39, 0.29) is 18.9 Å². The first-order valence-corrected chi connectivity index (χ1v) is 3.00. The Kier molecular flexibility index (Phi) is 9.21. The van der Waals surface area contributed by atoms with E-state index in [0.29, 0.717) is 5.56 Å². The molecule has 0 saturated carbocycles. The number of hydrogen-bond acceptors (Lipinski definition) is 1.